The molecule has 4 rings (SSSR count). The molecular weight excluding hydrogens is 440 g/mol. The zero-order valence-corrected chi connectivity index (χ0v) is 19.3. The third kappa shape index (κ3) is 4.26. The summed E-state index contributed by atoms with van der Waals surface area (Å²) >= 11 is 8.13. The molecule has 160 valence electrons. The van der Waals surface area contributed by atoms with Gasteiger partial charge in [0.05, 0.1) is 21.2 Å². The Balaban J connectivity index is 1.71. The quantitative estimate of drug-likeness (QED) is 0.638. The third-order valence-corrected chi connectivity index (χ3v) is 9.07. The van der Waals surface area contributed by atoms with Crippen LogP contribution in [-0.2, 0) is 10.0 Å². The number of carbonyl (C=O) groups is 1. The van der Waals surface area contributed by atoms with Crippen molar-refractivity contribution in [2.75, 3.05) is 24.5 Å². The number of anilines is 1. The lowest BCUT2D eigenvalue weighted by molar-refractivity contribution is 0.0986. The first-order valence-electron chi connectivity index (χ1n) is 10.2. The van der Waals surface area contributed by atoms with Gasteiger partial charge in [0.2, 0.25) is 10.0 Å². The number of sulfonamides is 1. The molecule has 1 saturated heterocycles. The van der Waals surface area contributed by atoms with Crippen molar-refractivity contribution in [3.63, 3.8) is 0 Å². The summed E-state index contributed by atoms with van der Waals surface area (Å²) in [7, 11) is -3.64. The van der Waals surface area contributed by atoms with Crippen LogP contribution in [0.1, 0.15) is 43.0 Å². The second-order valence-corrected chi connectivity index (χ2v) is 11.6. The lowest BCUT2D eigenvalue weighted by Gasteiger charge is -2.26. The molecule has 0 saturated carbocycles. The summed E-state index contributed by atoms with van der Waals surface area (Å²) < 4.78 is 27.7. The van der Waals surface area contributed by atoms with Gasteiger partial charge >= 0.3 is 0 Å². The first-order valence-corrected chi connectivity index (χ1v) is 12.9. The Hall–Kier alpha value is -1.54. The molecule has 2 aliphatic rings. The van der Waals surface area contributed by atoms with Crippen LogP contribution in [-0.4, -0.2) is 43.5 Å². The molecule has 0 bridgehead atoms. The van der Waals surface area contributed by atoms with E-state index in [1.165, 1.54) is 22.5 Å². The van der Waals surface area contributed by atoms with E-state index < -0.39 is 10.0 Å². The number of hydrogen-bond acceptors (Lipinski definition) is 4. The molecule has 2 aromatic carbocycles. The maximum absolute atomic E-state index is 13.5. The minimum absolute atomic E-state index is 0.128. The highest BCUT2D eigenvalue weighted by atomic mass is 35.5. The summed E-state index contributed by atoms with van der Waals surface area (Å²) in [6.07, 6.45) is 3.60. The van der Waals surface area contributed by atoms with E-state index in [-0.39, 0.29) is 21.4 Å². The topological polar surface area (TPSA) is 57.7 Å². The molecule has 1 unspecified atom stereocenters. The highest BCUT2D eigenvalue weighted by Crippen LogP contribution is 2.38. The normalized spacial score (nSPS) is 20.5. The van der Waals surface area contributed by atoms with Gasteiger partial charge in [-0.1, -0.05) is 37.1 Å². The summed E-state index contributed by atoms with van der Waals surface area (Å²) in [5, 5.41) is 0.644. The summed E-state index contributed by atoms with van der Waals surface area (Å²) in [6.45, 7) is 3.74. The first-order chi connectivity index (χ1) is 14.4. The Morgan fingerprint density at radius 2 is 1.80 bits per heavy atom. The van der Waals surface area contributed by atoms with Gasteiger partial charge in [-0.05, 0) is 49.6 Å². The zero-order chi connectivity index (χ0) is 21.3. The van der Waals surface area contributed by atoms with Crippen LogP contribution < -0.4 is 4.90 Å². The fourth-order valence-corrected chi connectivity index (χ4v) is 6.78. The molecule has 0 aromatic heterocycles. The fraction of sp³-hybridized carbons (Fsp3) is 0.409. The number of benzene rings is 2. The van der Waals surface area contributed by atoms with Crippen LogP contribution in [0.3, 0.4) is 0 Å². The average molecular weight is 465 g/mol. The molecule has 30 heavy (non-hydrogen) atoms. The maximum atomic E-state index is 13.5. The Labute approximate surface area is 187 Å². The minimum Gasteiger partial charge on any atom is -0.307 e. The number of nitrogens with zero attached hydrogens (tertiary/aromatic N) is 2. The number of rotatable bonds is 3. The molecule has 0 spiro atoms. The van der Waals surface area contributed by atoms with Gasteiger partial charge in [0.1, 0.15) is 0 Å². The van der Waals surface area contributed by atoms with Gasteiger partial charge in [-0.25, -0.2) is 8.42 Å². The smallest absolute Gasteiger partial charge is 0.259 e. The van der Waals surface area contributed by atoms with Crippen LogP contribution in [0.25, 0.3) is 0 Å². The van der Waals surface area contributed by atoms with Crippen LogP contribution in [0.15, 0.2) is 52.3 Å². The van der Waals surface area contributed by atoms with E-state index in [2.05, 4.69) is 6.92 Å². The highest BCUT2D eigenvalue weighted by molar-refractivity contribution is 8.00. The second kappa shape index (κ2) is 8.91. The lowest BCUT2D eigenvalue weighted by atomic mass is 10.1. The lowest BCUT2D eigenvalue weighted by Crippen LogP contribution is -2.36. The van der Waals surface area contributed by atoms with Crippen LogP contribution >= 0.6 is 23.4 Å². The van der Waals surface area contributed by atoms with Gasteiger partial charge in [-0.15, -0.1) is 11.8 Å². The van der Waals surface area contributed by atoms with Crippen LogP contribution in [0.2, 0.25) is 5.02 Å². The second-order valence-electron chi connectivity index (χ2n) is 7.75. The number of carbonyl (C=O) groups excluding carboxylic acids is 1. The van der Waals surface area contributed by atoms with Crippen molar-refractivity contribution in [3.8, 4) is 0 Å². The molecule has 0 radical (unpaired) electrons. The van der Waals surface area contributed by atoms with Crippen molar-refractivity contribution in [1.29, 1.82) is 0 Å². The van der Waals surface area contributed by atoms with E-state index in [9.17, 15) is 13.2 Å². The van der Waals surface area contributed by atoms with E-state index >= 15 is 0 Å². The zero-order valence-electron chi connectivity index (χ0n) is 16.9. The van der Waals surface area contributed by atoms with E-state index in [1.54, 1.807) is 16.7 Å². The minimum atomic E-state index is -3.64. The molecule has 1 amide bonds. The van der Waals surface area contributed by atoms with Crippen molar-refractivity contribution in [2.24, 2.45) is 0 Å². The monoisotopic (exact) mass is 464 g/mol. The SMILES string of the molecule is CC1CCN(C(=O)c2cc(S(=O)(=O)N3CCCCC3)ccc2Cl)c2ccccc2S1. The van der Waals surface area contributed by atoms with Crippen LogP contribution in [0.5, 0.6) is 0 Å². The van der Waals surface area contributed by atoms with Crippen molar-refractivity contribution < 1.29 is 13.2 Å². The van der Waals surface area contributed by atoms with Gasteiger partial charge in [0.25, 0.3) is 5.91 Å². The van der Waals surface area contributed by atoms with Gasteiger partial charge in [0, 0.05) is 29.8 Å². The Morgan fingerprint density at radius 3 is 2.57 bits per heavy atom. The van der Waals surface area contributed by atoms with Crippen molar-refractivity contribution in [1.82, 2.24) is 4.31 Å². The average Bonchev–Trinajstić information content (AvgIpc) is 2.92. The van der Waals surface area contributed by atoms with Gasteiger partial charge < -0.3 is 4.90 Å². The summed E-state index contributed by atoms with van der Waals surface area (Å²) in [5.41, 5.74) is 1.07. The largest absolute Gasteiger partial charge is 0.307 e. The number of amides is 1. The van der Waals surface area contributed by atoms with Gasteiger partial charge in [0.15, 0.2) is 0 Å². The Bertz CT molecular complexity index is 1050. The van der Waals surface area contributed by atoms with E-state index in [1.807, 2.05) is 24.3 Å². The van der Waals surface area contributed by atoms with Gasteiger partial charge in [-0.2, -0.15) is 4.31 Å². The number of thioether (sulfide) groups is 1. The first kappa shape index (κ1) is 21.7. The molecular formula is C22H25ClN2O3S2. The van der Waals surface area contributed by atoms with Gasteiger partial charge in [-0.3, -0.25) is 4.79 Å². The predicted molar refractivity (Wildman–Crippen MR) is 122 cm³/mol. The van der Waals surface area contributed by atoms with Crippen molar-refractivity contribution >= 4 is 45.0 Å². The highest BCUT2D eigenvalue weighted by Gasteiger charge is 2.30. The summed E-state index contributed by atoms with van der Waals surface area (Å²) in [4.78, 5) is 16.4. The molecule has 0 N–H and O–H groups in total. The van der Waals surface area contributed by atoms with E-state index in [0.717, 1.165) is 36.3 Å². The predicted octanol–water partition coefficient (Wildman–Crippen LogP) is 5.05. The number of piperidine rings is 1. The fourth-order valence-electron chi connectivity index (χ4n) is 3.93. The molecule has 0 aliphatic carbocycles. The molecule has 2 aliphatic heterocycles. The molecule has 2 aromatic rings. The van der Waals surface area contributed by atoms with E-state index in [4.69, 9.17) is 11.6 Å². The van der Waals surface area contributed by atoms with Crippen LogP contribution in [0.4, 0.5) is 5.69 Å². The van der Waals surface area contributed by atoms with Crippen molar-refractivity contribution in [3.05, 3.63) is 53.1 Å². The molecule has 1 fully saturated rings. The standard InChI is InChI=1S/C22H25ClN2O3S2/c1-16-11-14-25(20-7-3-4-8-21(20)29-16)22(26)18-15-17(9-10-19(18)23)30(27,28)24-12-5-2-6-13-24/h3-4,7-10,15-16H,2,5-6,11-14H2,1H3. The Kier molecular flexibility index (Phi) is 6.44. The maximum Gasteiger partial charge on any atom is 0.259 e. The summed E-state index contributed by atoms with van der Waals surface area (Å²) in [5.74, 6) is -0.266. The number of hydrogen-bond donors (Lipinski definition) is 0. The molecule has 2 heterocycles. The van der Waals surface area contributed by atoms with E-state index in [0.29, 0.717) is 24.9 Å². The number of fused-ring (bicyclic) bond motifs is 1. The Morgan fingerprint density at radius 1 is 1.07 bits per heavy atom. The third-order valence-electron chi connectivity index (χ3n) is 5.61. The summed E-state index contributed by atoms with van der Waals surface area (Å²) in [6, 6.07) is 12.3. The number of para-hydroxylation sites is 1. The molecule has 8 heteroatoms. The van der Waals surface area contributed by atoms with Crippen molar-refractivity contribution in [2.45, 2.75) is 47.6 Å². The number of halogens is 1. The molecule has 5 nitrogen and oxygen atoms in total. The molecule has 1 atom stereocenters. The van der Waals surface area contributed by atoms with Crippen LogP contribution in [0, 0.1) is 0 Å².